The largest absolute Gasteiger partial charge is 0.241 e. The molecule has 0 fully saturated rings. The molecule has 3 aromatic rings. The quantitative estimate of drug-likeness (QED) is 0.522. The van der Waals surface area contributed by atoms with E-state index in [0.717, 1.165) is 5.56 Å². The van der Waals surface area contributed by atoms with Crippen LogP contribution < -0.4 is 4.72 Å². The first-order chi connectivity index (χ1) is 13.8. The highest BCUT2D eigenvalue weighted by Crippen LogP contribution is 2.42. The summed E-state index contributed by atoms with van der Waals surface area (Å²) in [5.74, 6) is 0. The second-order valence-corrected chi connectivity index (χ2v) is 9.36. The zero-order valence-corrected chi connectivity index (χ0v) is 17.8. The van der Waals surface area contributed by atoms with Gasteiger partial charge in [-0.05, 0) is 42.3 Å². The Hall–Kier alpha value is -2.36. The maximum absolute atomic E-state index is 13.1. The van der Waals surface area contributed by atoms with Gasteiger partial charge in [-0.15, -0.1) is 0 Å². The third-order valence-electron chi connectivity index (χ3n) is 4.56. The van der Waals surface area contributed by atoms with Crippen LogP contribution in [0.4, 0.5) is 0 Å². The van der Waals surface area contributed by atoms with Gasteiger partial charge in [0, 0.05) is 5.02 Å². The van der Waals surface area contributed by atoms with Gasteiger partial charge in [0.05, 0.1) is 17.0 Å². The van der Waals surface area contributed by atoms with Crippen LogP contribution in [-0.2, 0) is 14.9 Å². The monoisotopic (exact) mass is 444 g/mol. The van der Waals surface area contributed by atoms with Gasteiger partial charge >= 0.3 is 0 Å². The van der Waals surface area contributed by atoms with Crippen LogP contribution in [0.3, 0.4) is 0 Å². The molecule has 148 valence electrons. The van der Waals surface area contributed by atoms with Gasteiger partial charge in [-0.2, -0.15) is 5.26 Å². The number of rotatable bonds is 6. The number of nitriles is 1. The molecule has 0 spiro atoms. The Morgan fingerprint density at radius 2 is 1.55 bits per heavy atom. The number of hydrogen-bond acceptors (Lipinski definition) is 3. The van der Waals surface area contributed by atoms with E-state index in [-0.39, 0.29) is 4.90 Å². The fraction of sp³-hybridized carbons (Fsp3) is 0.136. The van der Waals surface area contributed by atoms with Gasteiger partial charge in [-0.25, -0.2) is 13.1 Å². The van der Waals surface area contributed by atoms with E-state index in [2.05, 4.69) is 10.8 Å². The summed E-state index contributed by atoms with van der Waals surface area (Å²) in [6.07, 6.45) is 0. The smallest absolute Gasteiger partial charge is 0.207 e. The van der Waals surface area contributed by atoms with Gasteiger partial charge in [0.15, 0.2) is 4.87 Å². The summed E-state index contributed by atoms with van der Waals surface area (Å²) in [5, 5.41) is 10.5. The number of benzene rings is 3. The molecule has 7 heteroatoms. The van der Waals surface area contributed by atoms with Crippen LogP contribution in [0, 0.1) is 18.3 Å². The average molecular weight is 445 g/mol. The van der Waals surface area contributed by atoms with E-state index in [1.165, 1.54) is 12.1 Å². The molecule has 0 bridgehead atoms. The van der Waals surface area contributed by atoms with Crippen LogP contribution in [0.5, 0.6) is 0 Å². The minimum Gasteiger partial charge on any atom is -0.207 e. The minimum absolute atomic E-state index is 0.0945. The molecular formula is C22H18Cl2N2O2S. The first-order valence-corrected chi connectivity index (χ1v) is 11.0. The van der Waals surface area contributed by atoms with Gasteiger partial charge in [-0.1, -0.05) is 83.4 Å². The first-order valence-electron chi connectivity index (χ1n) is 8.76. The lowest BCUT2D eigenvalue weighted by atomic mass is 9.88. The molecule has 0 heterocycles. The molecule has 1 N–H and O–H groups in total. The van der Waals surface area contributed by atoms with Crippen molar-refractivity contribution < 1.29 is 8.42 Å². The Balaban J connectivity index is 2.11. The molecule has 3 rings (SSSR count). The number of alkyl halides is 1. The fourth-order valence-corrected chi connectivity index (χ4v) is 4.70. The lowest BCUT2D eigenvalue weighted by molar-refractivity contribution is 0.514. The molecule has 0 saturated heterocycles. The molecule has 3 aromatic carbocycles. The number of hydrogen-bond donors (Lipinski definition) is 1. The van der Waals surface area contributed by atoms with E-state index in [1.54, 1.807) is 66.7 Å². The summed E-state index contributed by atoms with van der Waals surface area (Å²) in [5.41, 5.74) is 1.94. The fourth-order valence-electron chi connectivity index (χ4n) is 2.95. The van der Waals surface area contributed by atoms with Crippen LogP contribution >= 0.6 is 23.2 Å². The molecule has 0 unspecified atom stereocenters. The average Bonchev–Trinajstić information content (AvgIpc) is 2.73. The molecule has 0 amide bonds. The van der Waals surface area contributed by atoms with Gasteiger partial charge in [-0.3, -0.25) is 0 Å². The van der Waals surface area contributed by atoms with Crippen LogP contribution in [-0.4, -0.2) is 8.42 Å². The molecule has 4 nitrogen and oxygen atoms in total. The Morgan fingerprint density at radius 3 is 2.10 bits per heavy atom. The van der Waals surface area contributed by atoms with Crippen molar-refractivity contribution in [1.82, 2.24) is 4.72 Å². The van der Waals surface area contributed by atoms with Crippen molar-refractivity contribution >= 4 is 33.2 Å². The molecule has 0 aromatic heterocycles. The summed E-state index contributed by atoms with van der Waals surface area (Å²) in [6.45, 7) is 1.87. The number of sulfonamides is 1. The highest BCUT2D eigenvalue weighted by molar-refractivity contribution is 7.89. The number of nitrogens with one attached hydrogen (secondary N) is 1. The summed E-state index contributed by atoms with van der Waals surface area (Å²) >= 11 is 12.8. The van der Waals surface area contributed by atoms with Crippen molar-refractivity contribution in [2.75, 3.05) is 0 Å². The molecule has 2 atom stereocenters. The Morgan fingerprint density at radius 1 is 0.966 bits per heavy atom. The van der Waals surface area contributed by atoms with Crippen molar-refractivity contribution in [3.8, 4) is 6.07 Å². The highest BCUT2D eigenvalue weighted by atomic mass is 35.5. The second-order valence-electron chi connectivity index (χ2n) is 6.61. The second kappa shape index (κ2) is 8.56. The molecule has 0 radical (unpaired) electrons. The SMILES string of the molecule is Cc1ccc(S(=O)(=O)N[C@H](c2ccccc2)[C@@](Cl)(C#N)c2ccc(Cl)cc2)cc1. The Labute approximate surface area is 180 Å². The lowest BCUT2D eigenvalue weighted by Gasteiger charge is -2.31. The summed E-state index contributed by atoms with van der Waals surface area (Å²) in [4.78, 5) is -1.60. The van der Waals surface area contributed by atoms with Gasteiger partial charge in [0.25, 0.3) is 0 Å². The van der Waals surface area contributed by atoms with Crippen molar-refractivity contribution in [2.45, 2.75) is 22.7 Å². The number of halogens is 2. The normalized spacial score (nSPS) is 14.6. The summed E-state index contributed by atoms with van der Waals surface area (Å²) in [7, 11) is -3.95. The third-order valence-corrected chi connectivity index (χ3v) is 6.77. The topological polar surface area (TPSA) is 70.0 Å². The number of nitrogens with zero attached hydrogens (tertiary/aromatic N) is 1. The third kappa shape index (κ3) is 4.63. The van der Waals surface area contributed by atoms with Crippen LogP contribution in [0.2, 0.25) is 5.02 Å². The number of aryl methyl sites for hydroxylation is 1. The first kappa shape index (κ1) is 21.4. The van der Waals surface area contributed by atoms with Gasteiger partial charge < -0.3 is 0 Å². The summed E-state index contributed by atoms with van der Waals surface area (Å²) in [6, 6.07) is 22.8. The van der Waals surface area contributed by atoms with Crippen molar-refractivity contribution in [3.63, 3.8) is 0 Å². The minimum atomic E-state index is -3.95. The summed E-state index contributed by atoms with van der Waals surface area (Å²) < 4.78 is 28.8. The molecule has 29 heavy (non-hydrogen) atoms. The van der Waals surface area contributed by atoms with Crippen LogP contribution in [0.15, 0.2) is 83.8 Å². The van der Waals surface area contributed by atoms with E-state index in [9.17, 15) is 13.7 Å². The van der Waals surface area contributed by atoms with Crippen LogP contribution in [0.25, 0.3) is 0 Å². The highest BCUT2D eigenvalue weighted by Gasteiger charge is 2.42. The molecule has 0 saturated carbocycles. The molecule has 0 aliphatic carbocycles. The maximum Gasteiger partial charge on any atom is 0.241 e. The standard InChI is InChI=1S/C22H18Cl2N2O2S/c1-16-7-13-20(14-8-16)29(27,28)26-21(17-5-3-2-4-6-17)22(24,15-25)18-9-11-19(23)12-10-18/h2-14,21,26H,1H3/t21-,22-/m1/s1. The molecular weight excluding hydrogens is 427 g/mol. The van der Waals surface area contributed by atoms with E-state index < -0.39 is 20.9 Å². The zero-order valence-electron chi connectivity index (χ0n) is 15.5. The lowest BCUT2D eigenvalue weighted by Crippen LogP contribution is -2.40. The van der Waals surface area contributed by atoms with Gasteiger partial charge in [0.1, 0.15) is 0 Å². The van der Waals surface area contributed by atoms with Gasteiger partial charge in [0.2, 0.25) is 10.0 Å². The van der Waals surface area contributed by atoms with Crippen molar-refractivity contribution in [1.29, 1.82) is 5.26 Å². The van der Waals surface area contributed by atoms with E-state index in [0.29, 0.717) is 16.1 Å². The molecule has 0 aliphatic heterocycles. The van der Waals surface area contributed by atoms with Crippen molar-refractivity contribution in [2.24, 2.45) is 0 Å². The predicted octanol–water partition coefficient (Wildman–Crippen LogP) is 5.33. The van der Waals surface area contributed by atoms with E-state index in [4.69, 9.17) is 23.2 Å². The maximum atomic E-state index is 13.1. The van der Waals surface area contributed by atoms with Crippen LogP contribution in [0.1, 0.15) is 22.7 Å². The molecule has 0 aliphatic rings. The predicted molar refractivity (Wildman–Crippen MR) is 115 cm³/mol. The van der Waals surface area contributed by atoms with E-state index >= 15 is 0 Å². The Bertz CT molecular complexity index is 1130. The van der Waals surface area contributed by atoms with E-state index in [1.807, 2.05) is 6.92 Å². The zero-order chi connectivity index (χ0) is 21.1. The van der Waals surface area contributed by atoms with Crippen molar-refractivity contribution in [3.05, 3.63) is 101 Å². The Kier molecular flexibility index (Phi) is 6.30.